The van der Waals surface area contributed by atoms with Crippen molar-refractivity contribution < 1.29 is 4.79 Å². The molecule has 4 heteroatoms. The Balaban J connectivity index is 4.43. The number of halogens is 1. The third-order valence-corrected chi connectivity index (χ3v) is 3.61. The Labute approximate surface area is 74.6 Å². The van der Waals surface area contributed by atoms with Gasteiger partial charge >= 0.3 is 0 Å². The topological polar surface area (TPSA) is 17.1 Å². The highest BCUT2D eigenvalue weighted by Gasteiger charge is 2.05. The van der Waals surface area contributed by atoms with Crippen LogP contribution >= 0.6 is 35.1 Å². The third kappa shape index (κ3) is 2.99. The Morgan fingerprint density at radius 1 is 1.30 bits per heavy atom. The molecule has 0 aromatic heterocycles. The maximum absolute atomic E-state index is 10.6. The predicted octanol–water partition coefficient (Wildman–Crippen LogP) is 2.71. The average molecular weight is 197 g/mol. The molecule has 0 aliphatic rings. The first kappa shape index (κ1) is 10.4. The molecule has 0 fully saturated rings. The van der Waals surface area contributed by atoms with Gasteiger partial charge in [0.15, 0.2) is 0 Å². The summed E-state index contributed by atoms with van der Waals surface area (Å²) in [5.74, 6) is 0. The van der Waals surface area contributed by atoms with Crippen LogP contribution in [0.25, 0.3) is 0 Å². The third-order valence-electron chi connectivity index (χ3n) is 0.972. The summed E-state index contributed by atoms with van der Waals surface area (Å²) in [5, 5.41) is -0.362. The van der Waals surface area contributed by atoms with Gasteiger partial charge in [0.25, 0.3) is 0 Å². The summed E-state index contributed by atoms with van der Waals surface area (Å²) in [4.78, 5) is 10.6. The molecule has 1 nitrogen and oxygen atoms in total. The molecule has 0 N–H and O–H groups in total. The molecule has 0 aliphatic carbocycles. The number of hydrogen-bond donors (Lipinski definition) is 0. The molecule has 0 rings (SSSR count). The van der Waals surface area contributed by atoms with Crippen LogP contribution in [0.4, 0.5) is 0 Å². The van der Waals surface area contributed by atoms with E-state index in [-0.39, 0.29) is 5.24 Å². The first-order valence-corrected chi connectivity index (χ1v) is 5.45. The van der Waals surface area contributed by atoms with Crippen molar-refractivity contribution in [1.82, 2.24) is 0 Å². The van der Waals surface area contributed by atoms with Crippen molar-refractivity contribution in [3.05, 3.63) is 9.81 Å². The quantitative estimate of drug-likeness (QED) is 0.511. The summed E-state index contributed by atoms with van der Waals surface area (Å²) < 4.78 is 0.986. The van der Waals surface area contributed by atoms with Gasteiger partial charge in [0.2, 0.25) is 5.24 Å². The van der Waals surface area contributed by atoms with E-state index in [2.05, 4.69) is 0 Å². The van der Waals surface area contributed by atoms with Crippen molar-refractivity contribution in [3.8, 4) is 0 Å². The Kier molecular flexibility index (Phi) is 5.31. The standard InChI is InChI=1S/C6H9ClOS2/c1-4(5(7)8)6(9-2)10-3/h1-3H3. The van der Waals surface area contributed by atoms with Crippen molar-refractivity contribution in [2.24, 2.45) is 0 Å². The van der Waals surface area contributed by atoms with Gasteiger partial charge in [0, 0.05) is 9.81 Å². The van der Waals surface area contributed by atoms with Crippen LogP contribution < -0.4 is 0 Å². The number of allylic oxidation sites excluding steroid dienone is 1. The number of hydrogen-bond acceptors (Lipinski definition) is 3. The second kappa shape index (κ2) is 5.10. The minimum absolute atomic E-state index is 0.362. The first-order chi connectivity index (χ1) is 4.63. The predicted molar refractivity (Wildman–Crippen MR) is 50.6 cm³/mol. The molecule has 0 bridgehead atoms. The molecule has 0 aliphatic heterocycles. The first-order valence-electron chi connectivity index (χ1n) is 2.62. The van der Waals surface area contributed by atoms with Crippen LogP contribution in [0.3, 0.4) is 0 Å². The fraction of sp³-hybridized carbons (Fsp3) is 0.500. The molecule has 0 saturated carbocycles. The van der Waals surface area contributed by atoms with Crippen molar-refractivity contribution in [1.29, 1.82) is 0 Å². The van der Waals surface area contributed by atoms with Crippen LogP contribution in [-0.2, 0) is 4.79 Å². The average Bonchev–Trinajstić information content (AvgIpc) is 1.90. The van der Waals surface area contributed by atoms with E-state index in [0.29, 0.717) is 5.57 Å². The van der Waals surface area contributed by atoms with Gasteiger partial charge < -0.3 is 0 Å². The Hall–Kier alpha value is 0.400. The molecule has 0 unspecified atom stereocenters. The maximum atomic E-state index is 10.6. The maximum Gasteiger partial charge on any atom is 0.249 e. The van der Waals surface area contributed by atoms with E-state index >= 15 is 0 Å². The van der Waals surface area contributed by atoms with Crippen molar-refractivity contribution in [2.45, 2.75) is 6.92 Å². The van der Waals surface area contributed by atoms with Gasteiger partial charge in [-0.1, -0.05) is 0 Å². The molecule has 0 atom stereocenters. The van der Waals surface area contributed by atoms with E-state index in [9.17, 15) is 4.79 Å². The fourth-order valence-corrected chi connectivity index (χ4v) is 2.14. The van der Waals surface area contributed by atoms with Crippen molar-refractivity contribution in [2.75, 3.05) is 12.5 Å². The largest absolute Gasteiger partial charge is 0.276 e. The van der Waals surface area contributed by atoms with E-state index in [0.717, 1.165) is 4.24 Å². The highest BCUT2D eigenvalue weighted by atomic mass is 35.5. The van der Waals surface area contributed by atoms with Crippen LogP contribution in [0.5, 0.6) is 0 Å². The van der Waals surface area contributed by atoms with Gasteiger partial charge in [0.05, 0.1) is 0 Å². The van der Waals surface area contributed by atoms with E-state index in [1.807, 2.05) is 12.5 Å². The van der Waals surface area contributed by atoms with Gasteiger partial charge in [-0.25, -0.2) is 0 Å². The van der Waals surface area contributed by atoms with Crippen LogP contribution in [0.15, 0.2) is 9.81 Å². The summed E-state index contributed by atoms with van der Waals surface area (Å²) in [7, 11) is 0. The van der Waals surface area contributed by atoms with Crippen LogP contribution in [0, 0.1) is 0 Å². The second-order valence-electron chi connectivity index (χ2n) is 1.59. The van der Waals surface area contributed by atoms with Crippen molar-refractivity contribution in [3.63, 3.8) is 0 Å². The Morgan fingerprint density at radius 3 is 1.80 bits per heavy atom. The van der Waals surface area contributed by atoms with Gasteiger partial charge in [-0.2, -0.15) is 0 Å². The van der Waals surface area contributed by atoms with Gasteiger partial charge in [-0.3, -0.25) is 4.79 Å². The van der Waals surface area contributed by atoms with Crippen LogP contribution in [-0.4, -0.2) is 17.8 Å². The van der Waals surface area contributed by atoms with E-state index in [1.165, 1.54) is 0 Å². The lowest BCUT2D eigenvalue weighted by Gasteiger charge is -2.00. The lowest BCUT2D eigenvalue weighted by atomic mass is 10.4. The van der Waals surface area contributed by atoms with E-state index in [4.69, 9.17) is 11.6 Å². The molecule has 0 amide bonds. The second-order valence-corrected chi connectivity index (χ2v) is 3.83. The lowest BCUT2D eigenvalue weighted by Crippen LogP contribution is -1.89. The molecule has 10 heavy (non-hydrogen) atoms. The minimum Gasteiger partial charge on any atom is -0.276 e. The number of carbonyl (C=O) groups excluding carboxylic acids is 1. The molecule has 0 aromatic carbocycles. The molecular formula is C6H9ClOS2. The fourth-order valence-electron chi connectivity index (χ4n) is 0.470. The Morgan fingerprint density at radius 2 is 1.70 bits per heavy atom. The number of thioether (sulfide) groups is 2. The molecule has 0 aromatic rings. The van der Waals surface area contributed by atoms with E-state index < -0.39 is 0 Å². The zero-order valence-electron chi connectivity index (χ0n) is 6.10. The van der Waals surface area contributed by atoms with Crippen LogP contribution in [0.2, 0.25) is 0 Å². The summed E-state index contributed by atoms with van der Waals surface area (Å²) in [6.45, 7) is 1.73. The zero-order chi connectivity index (χ0) is 8.15. The highest BCUT2D eigenvalue weighted by Crippen LogP contribution is 2.27. The molecule has 0 heterocycles. The van der Waals surface area contributed by atoms with E-state index in [1.54, 1.807) is 30.4 Å². The molecular weight excluding hydrogens is 188 g/mol. The highest BCUT2D eigenvalue weighted by molar-refractivity contribution is 8.21. The zero-order valence-corrected chi connectivity index (χ0v) is 8.49. The van der Waals surface area contributed by atoms with Crippen LogP contribution in [0.1, 0.15) is 6.92 Å². The minimum atomic E-state index is -0.362. The molecule has 0 spiro atoms. The smallest absolute Gasteiger partial charge is 0.249 e. The number of rotatable bonds is 3. The Bertz CT molecular complexity index is 159. The monoisotopic (exact) mass is 196 g/mol. The SMILES string of the molecule is CSC(SC)=C(C)C(=O)Cl. The van der Waals surface area contributed by atoms with Crippen molar-refractivity contribution >= 4 is 40.4 Å². The summed E-state index contributed by atoms with van der Waals surface area (Å²) in [6.07, 6.45) is 3.85. The normalized spacial score (nSPS) is 9.20. The lowest BCUT2D eigenvalue weighted by molar-refractivity contribution is -0.108. The van der Waals surface area contributed by atoms with Gasteiger partial charge in [0.1, 0.15) is 0 Å². The summed E-state index contributed by atoms with van der Waals surface area (Å²) in [5.41, 5.74) is 0.640. The molecule has 0 radical (unpaired) electrons. The van der Waals surface area contributed by atoms with Gasteiger partial charge in [-0.15, -0.1) is 23.5 Å². The number of carbonyl (C=O) groups is 1. The van der Waals surface area contributed by atoms with Gasteiger partial charge in [-0.05, 0) is 31.0 Å². The molecule has 0 saturated heterocycles. The summed E-state index contributed by atoms with van der Waals surface area (Å²) in [6, 6.07) is 0. The molecule has 58 valence electrons. The summed E-state index contributed by atoms with van der Waals surface area (Å²) >= 11 is 8.34.